The zero-order valence-corrected chi connectivity index (χ0v) is 19.6. The molecule has 2 aliphatic rings. The molecule has 3 aromatic carbocycles. The number of amides is 1. The topological polar surface area (TPSA) is 87.4 Å². The van der Waals surface area contributed by atoms with Crippen molar-refractivity contribution in [1.82, 2.24) is 0 Å². The van der Waals surface area contributed by atoms with Crippen molar-refractivity contribution in [1.29, 1.82) is 0 Å². The molecule has 0 saturated carbocycles. The highest BCUT2D eigenvalue weighted by Gasteiger charge is 2.23. The number of rotatable bonds is 5. The number of ketones is 1. The third kappa shape index (κ3) is 4.00. The quantitative estimate of drug-likeness (QED) is 0.373. The van der Waals surface area contributed by atoms with Crippen LogP contribution in [0.3, 0.4) is 0 Å². The fourth-order valence-electron chi connectivity index (χ4n) is 4.33. The minimum atomic E-state index is -0.209. The Morgan fingerprint density at radius 3 is 2.67 bits per heavy atom. The molecule has 8 nitrogen and oxygen atoms in total. The second-order valence-electron chi connectivity index (χ2n) is 8.66. The molecule has 0 N–H and O–H groups in total. The van der Waals surface area contributed by atoms with Crippen molar-refractivity contribution in [3.8, 4) is 34.1 Å². The van der Waals surface area contributed by atoms with Crippen LogP contribution in [0.25, 0.3) is 22.1 Å². The molecule has 182 valence electrons. The van der Waals surface area contributed by atoms with Gasteiger partial charge in [-0.3, -0.25) is 9.59 Å². The normalized spacial score (nSPS) is 14.7. The van der Waals surface area contributed by atoms with Crippen molar-refractivity contribution < 1.29 is 33.0 Å². The fraction of sp³-hybridized carbons (Fsp3) is 0.214. The highest BCUT2D eigenvalue weighted by Crippen LogP contribution is 2.38. The van der Waals surface area contributed by atoms with Gasteiger partial charge in [0.15, 0.2) is 30.5 Å². The van der Waals surface area contributed by atoms with E-state index in [-0.39, 0.29) is 24.9 Å². The second-order valence-corrected chi connectivity index (χ2v) is 8.66. The van der Waals surface area contributed by atoms with Crippen LogP contribution in [0.1, 0.15) is 16.8 Å². The van der Waals surface area contributed by atoms with Crippen LogP contribution in [0.2, 0.25) is 0 Å². The van der Waals surface area contributed by atoms with Crippen molar-refractivity contribution in [3.05, 3.63) is 66.4 Å². The van der Waals surface area contributed by atoms with E-state index in [1.807, 2.05) is 30.3 Å². The van der Waals surface area contributed by atoms with Gasteiger partial charge in [-0.2, -0.15) is 0 Å². The minimum absolute atomic E-state index is 0.00929. The lowest BCUT2D eigenvalue weighted by Crippen LogP contribution is -2.35. The molecule has 3 heterocycles. The maximum Gasteiger partial charge on any atom is 0.264 e. The predicted octanol–water partition coefficient (Wildman–Crippen LogP) is 4.88. The van der Waals surface area contributed by atoms with E-state index in [4.69, 9.17) is 23.4 Å². The number of benzene rings is 3. The first kappa shape index (κ1) is 22.0. The Bertz CT molecular complexity index is 1490. The minimum Gasteiger partial charge on any atom is -0.490 e. The van der Waals surface area contributed by atoms with Crippen LogP contribution in [-0.4, -0.2) is 45.2 Å². The van der Waals surface area contributed by atoms with Gasteiger partial charge in [0, 0.05) is 30.0 Å². The molecule has 0 unspecified atom stereocenters. The summed E-state index contributed by atoms with van der Waals surface area (Å²) >= 11 is 0. The van der Waals surface area contributed by atoms with Gasteiger partial charge >= 0.3 is 0 Å². The van der Waals surface area contributed by atoms with Crippen molar-refractivity contribution in [2.24, 2.45) is 0 Å². The Balaban J connectivity index is 1.22. The number of hydrogen-bond acceptors (Lipinski definition) is 7. The average molecular weight is 485 g/mol. The van der Waals surface area contributed by atoms with Crippen molar-refractivity contribution in [2.45, 2.75) is 6.42 Å². The summed E-state index contributed by atoms with van der Waals surface area (Å²) in [5.41, 5.74) is 3.53. The summed E-state index contributed by atoms with van der Waals surface area (Å²) in [6.45, 7) is 1.08. The first-order chi connectivity index (χ1) is 17.6. The molecule has 0 saturated heterocycles. The number of nitrogens with zero attached hydrogens (tertiary/aromatic N) is 1. The summed E-state index contributed by atoms with van der Waals surface area (Å²) in [6, 6.07) is 16.3. The summed E-state index contributed by atoms with van der Waals surface area (Å²) in [7, 11) is 1.66. The molecule has 1 amide bonds. The average Bonchev–Trinajstić information content (AvgIpc) is 3.18. The van der Waals surface area contributed by atoms with Gasteiger partial charge in [0.2, 0.25) is 0 Å². The molecule has 4 aromatic rings. The smallest absolute Gasteiger partial charge is 0.264 e. The Kier molecular flexibility index (Phi) is 5.48. The zero-order chi connectivity index (χ0) is 24.6. The summed E-state index contributed by atoms with van der Waals surface area (Å²) in [4.78, 5) is 26.3. The first-order valence-corrected chi connectivity index (χ1v) is 11.7. The van der Waals surface area contributed by atoms with Gasteiger partial charge in [0.1, 0.15) is 17.1 Å². The Labute approximate surface area is 206 Å². The lowest BCUT2D eigenvalue weighted by atomic mass is 10.0. The Morgan fingerprint density at radius 2 is 1.78 bits per heavy atom. The van der Waals surface area contributed by atoms with Gasteiger partial charge in [-0.05, 0) is 54.1 Å². The zero-order valence-electron chi connectivity index (χ0n) is 19.6. The molecule has 0 fully saturated rings. The number of anilines is 1. The predicted molar refractivity (Wildman–Crippen MR) is 132 cm³/mol. The van der Waals surface area contributed by atoms with Gasteiger partial charge in [-0.15, -0.1) is 0 Å². The SMILES string of the molecule is CN1C(=O)COc2ccc(C(=O)COc3ccc4occ(-c5ccc6c(c5)OCCCO6)c4c3)cc21. The largest absolute Gasteiger partial charge is 0.490 e. The summed E-state index contributed by atoms with van der Waals surface area (Å²) in [5.74, 6) is 2.18. The van der Waals surface area contributed by atoms with E-state index in [1.54, 1.807) is 37.6 Å². The highest BCUT2D eigenvalue weighted by atomic mass is 16.5. The maximum absolute atomic E-state index is 12.8. The molecular weight excluding hydrogens is 462 g/mol. The lowest BCUT2D eigenvalue weighted by Gasteiger charge is -2.26. The van der Waals surface area contributed by atoms with E-state index >= 15 is 0 Å². The molecule has 0 aliphatic carbocycles. The van der Waals surface area contributed by atoms with E-state index in [9.17, 15) is 9.59 Å². The van der Waals surface area contributed by atoms with E-state index in [0.717, 1.165) is 28.7 Å². The van der Waals surface area contributed by atoms with Gasteiger partial charge in [-0.1, -0.05) is 6.07 Å². The molecule has 0 radical (unpaired) electrons. The number of fused-ring (bicyclic) bond motifs is 3. The van der Waals surface area contributed by atoms with E-state index in [2.05, 4.69) is 0 Å². The molecule has 0 atom stereocenters. The van der Waals surface area contributed by atoms with Crippen LogP contribution in [0.4, 0.5) is 5.69 Å². The molecule has 8 heteroatoms. The van der Waals surface area contributed by atoms with Gasteiger partial charge < -0.3 is 28.3 Å². The third-order valence-corrected chi connectivity index (χ3v) is 6.34. The van der Waals surface area contributed by atoms with Crippen LogP contribution in [0.15, 0.2) is 65.3 Å². The van der Waals surface area contributed by atoms with Crippen LogP contribution in [0.5, 0.6) is 23.0 Å². The molecule has 36 heavy (non-hydrogen) atoms. The van der Waals surface area contributed by atoms with Crippen molar-refractivity contribution in [2.75, 3.05) is 38.4 Å². The Hall–Kier alpha value is -4.46. The van der Waals surface area contributed by atoms with Gasteiger partial charge in [-0.25, -0.2) is 0 Å². The number of carbonyl (C=O) groups is 2. The van der Waals surface area contributed by atoms with Crippen LogP contribution in [0, 0.1) is 0 Å². The van der Waals surface area contributed by atoms with E-state index in [1.165, 1.54) is 4.90 Å². The van der Waals surface area contributed by atoms with Crippen LogP contribution < -0.4 is 23.8 Å². The second kappa shape index (κ2) is 8.96. The van der Waals surface area contributed by atoms with E-state index < -0.39 is 0 Å². The number of carbonyl (C=O) groups excluding carboxylic acids is 2. The summed E-state index contributed by atoms with van der Waals surface area (Å²) < 4.78 is 28.6. The van der Waals surface area contributed by atoms with Crippen molar-refractivity contribution >= 4 is 28.3 Å². The number of likely N-dealkylation sites (N-methyl/N-ethyl adjacent to an activating group) is 1. The summed E-state index contributed by atoms with van der Waals surface area (Å²) in [6.07, 6.45) is 2.54. The number of furan rings is 1. The summed E-state index contributed by atoms with van der Waals surface area (Å²) in [5, 5.41) is 0.862. The molecule has 0 bridgehead atoms. The molecule has 0 spiro atoms. The molecule has 2 aliphatic heterocycles. The maximum atomic E-state index is 12.8. The van der Waals surface area contributed by atoms with Gasteiger partial charge in [0.25, 0.3) is 5.91 Å². The first-order valence-electron chi connectivity index (χ1n) is 11.7. The lowest BCUT2D eigenvalue weighted by molar-refractivity contribution is -0.120. The van der Waals surface area contributed by atoms with Crippen molar-refractivity contribution in [3.63, 3.8) is 0 Å². The molecule has 6 rings (SSSR count). The molecular formula is C28H23NO7. The van der Waals surface area contributed by atoms with Gasteiger partial charge in [0.05, 0.1) is 25.2 Å². The number of Topliss-reactive ketones (excluding diaryl/α,β-unsaturated/α-hetero) is 1. The fourth-order valence-corrected chi connectivity index (χ4v) is 4.33. The number of hydrogen-bond donors (Lipinski definition) is 0. The number of ether oxygens (including phenoxy) is 4. The standard InChI is InChI=1S/C28H23NO7/c1-29-22-11-18(4-6-25(22)36-16-28(29)31)23(30)15-34-19-5-8-24-20(13-19)21(14-35-24)17-3-7-26-27(12-17)33-10-2-9-32-26/h3-8,11-14H,2,9-10,15-16H2,1H3. The Morgan fingerprint density at radius 1 is 0.944 bits per heavy atom. The van der Waals surface area contributed by atoms with Crippen LogP contribution >= 0.6 is 0 Å². The molecule has 1 aromatic heterocycles. The monoisotopic (exact) mass is 485 g/mol. The highest BCUT2D eigenvalue weighted by molar-refractivity contribution is 6.02. The van der Waals surface area contributed by atoms with E-state index in [0.29, 0.717) is 47.3 Å². The van der Waals surface area contributed by atoms with Crippen LogP contribution in [-0.2, 0) is 4.79 Å². The third-order valence-electron chi connectivity index (χ3n) is 6.34.